The highest BCUT2D eigenvalue weighted by molar-refractivity contribution is 7.90. The van der Waals surface area contributed by atoms with E-state index >= 15 is 0 Å². The molecule has 1 heterocycles. The van der Waals surface area contributed by atoms with Crippen LogP contribution in [0.4, 0.5) is 0 Å². The molecule has 0 atom stereocenters. The van der Waals surface area contributed by atoms with Crippen LogP contribution >= 0.6 is 0 Å². The topological polar surface area (TPSA) is 52.0 Å². The maximum absolute atomic E-state index is 12.7. The Hall–Kier alpha value is -2.40. The molecule has 2 aromatic carbocycles. The van der Waals surface area contributed by atoms with Gasteiger partial charge in [0.05, 0.1) is 22.0 Å². The molecular formula is C19H18N2O2S. The van der Waals surface area contributed by atoms with Crippen LogP contribution in [0.1, 0.15) is 23.4 Å². The SMILES string of the molecule is O=S(=O)(Cc1nn(-c2ccccc2)c2c1CCC2)c1ccccc1. The standard InChI is InChI=1S/C19H18N2O2S/c22-24(23,16-10-5-2-6-11-16)14-18-17-12-7-13-19(17)21(20-18)15-8-3-1-4-9-15/h1-6,8-11H,7,12-14H2. The Balaban J connectivity index is 1.75. The average Bonchev–Trinajstić information content (AvgIpc) is 3.20. The molecule has 0 aliphatic heterocycles. The minimum absolute atomic E-state index is 0.0425. The predicted octanol–water partition coefficient (Wildman–Crippen LogP) is 3.33. The van der Waals surface area contributed by atoms with E-state index in [1.807, 2.05) is 41.1 Å². The predicted molar refractivity (Wildman–Crippen MR) is 92.9 cm³/mol. The molecule has 1 aromatic heterocycles. The summed E-state index contributed by atoms with van der Waals surface area (Å²) in [5, 5.41) is 4.65. The lowest BCUT2D eigenvalue weighted by atomic mass is 10.2. The lowest BCUT2D eigenvalue weighted by Gasteiger charge is -2.05. The first-order valence-corrected chi connectivity index (χ1v) is 9.73. The minimum atomic E-state index is -3.38. The van der Waals surface area contributed by atoms with Gasteiger partial charge in [-0.2, -0.15) is 5.10 Å². The van der Waals surface area contributed by atoms with Gasteiger partial charge in [0.15, 0.2) is 9.84 Å². The Morgan fingerprint density at radius 1 is 0.917 bits per heavy atom. The van der Waals surface area contributed by atoms with Gasteiger partial charge >= 0.3 is 0 Å². The molecule has 0 saturated carbocycles. The van der Waals surface area contributed by atoms with E-state index in [9.17, 15) is 8.42 Å². The Morgan fingerprint density at radius 3 is 2.29 bits per heavy atom. The molecule has 4 rings (SSSR count). The Morgan fingerprint density at radius 2 is 1.58 bits per heavy atom. The first-order valence-electron chi connectivity index (χ1n) is 8.08. The van der Waals surface area contributed by atoms with E-state index in [1.165, 1.54) is 0 Å². The zero-order valence-electron chi connectivity index (χ0n) is 13.2. The molecule has 4 nitrogen and oxygen atoms in total. The van der Waals surface area contributed by atoms with E-state index in [4.69, 9.17) is 0 Å². The van der Waals surface area contributed by atoms with E-state index in [0.29, 0.717) is 10.6 Å². The van der Waals surface area contributed by atoms with Gasteiger partial charge in [-0.05, 0) is 49.1 Å². The molecule has 0 bridgehead atoms. The number of benzene rings is 2. The van der Waals surface area contributed by atoms with Crippen LogP contribution in [0.2, 0.25) is 0 Å². The van der Waals surface area contributed by atoms with Crippen LogP contribution in [0, 0.1) is 0 Å². The number of para-hydroxylation sites is 1. The van der Waals surface area contributed by atoms with Gasteiger partial charge in [0.25, 0.3) is 0 Å². The van der Waals surface area contributed by atoms with Gasteiger partial charge in [-0.1, -0.05) is 36.4 Å². The highest BCUT2D eigenvalue weighted by Crippen LogP contribution is 2.29. The van der Waals surface area contributed by atoms with E-state index < -0.39 is 9.84 Å². The second kappa shape index (κ2) is 5.91. The van der Waals surface area contributed by atoms with Crippen molar-refractivity contribution in [2.24, 2.45) is 0 Å². The molecule has 0 fully saturated rings. The zero-order chi connectivity index (χ0) is 16.6. The van der Waals surface area contributed by atoms with Crippen molar-refractivity contribution >= 4 is 9.84 Å². The molecule has 0 amide bonds. The zero-order valence-corrected chi connectivity index (χ0v) is 14.0. The van der Waals surface area contributed by atoms with Crippen LogP contribution < -0.4 is 0 Å². The van der Waals surface area contributed by atoms with Crippen molar-refractivity contribution in [2.45, 2.75) is 29.9 Å². The van der Waals surface area contributed by atoms with Crippen LogP contribution in [0.15, 0.2) is 65.6 Å². The largest absolute Gasteiger partial charge is 0.237 e. The van der Waals surface area contributed by atoms with Crippen molar-refractivity contribution in [3.8, 4) is 5.69 Å². The summed E-state index contributed by atoms with van der Waals surface area (Å²) in [7, 11) is -3.38. The van der Waals surface area contributed by atoms with Gasteiger partial charge in [0.2, 0.25) is 0 Å². The summed E-state index contributed by atoms with van der Waals surface area (Å²) in [5.41, 5.74) is 3.94. The molecule has 24 heavy (non-hydrogen) atoms. The number of nitrogens with zero attached hydrogens (tertiary/aromatic N) is 2. The summed E-state index contributed by atoms with van der Waals surface area (Å²) >= 11 is 0. The molecule has 5 heteroatoms. The number of aromatic nitrogens is 2. The van der Waals surface area contributed by atoms with Gasteiger partial charge in [0, 0.05) is 5.69 Å². The van der Waals surface area contributed by atoms with Gasteiger partial charge in [-0.25, -0.2) is 13.1 Å². The molecule has 0 radical (unpaired) electrons. The third kappa shape index (κ3) is 2.65. The molecule has 0 unspecified atom stereocenters. The Labute approximate surface area is 141 Å². The van der Waals surface area contributed by atoms with Gasteiger partial charge < -0.3 is 0 Å². The van der Waals surface area contributed by atoms with Crippen LogP contribution in [0.5, 0.6) is 0 Å². The van der Waals surface area contributed by atoms with Gasteiger partial charge in [-0.15, -0.1) is 0 Å². The normalized spacial score (nSPS) is 13.8. The van der Waals surface area contributed by atoms with Crippen LogP contribution in [-0.4, -0.2) is 18.2 Å². The fourth-order valence-electron chi connectivity index (χ4n) is 3.30. The number of fused-ring (bicyclic) bond motifs is 1. The van der Waals surface area contributed by atoms with Crippen molar-refractivity contribution in [3.63, 3.8) is 0 Å². The molecule has 0 saturated heterocycles. The average molecular weight is 338 g/mol. The molecule has 122 valence electrons. The summed E-state index contributed by atoms with van der Waals surface area (Å²) in [4.78, 5) is 0.353. The van der Waals surface area contributed by atoms with Crippen LogP contribution in [-0.2, 0) is 28.4 Å². The van der Waals surface area contributed by atoms with Crippen molar-refractivity contribution in [2.75, 3.05) is 0 Å². The smallest absolute Gasteiger partial charge is 0.184 e. The van der Waals surface area contributed by atoms with Crippen molar-refractivity contribution < 1.29 is 8.42 Å². The maximum atomic E-state index is 12.7. The van der Waals surface area contributed by atoms with E-state index in [2.05, 4.69) is 5.10 Å². The lowest BCUT2D eigenvalue weighted by molar-refractivity contribution is 0.594. The van der Waals surface area contributed by atoms with E-state index in [1.54, 1.807) is 24.3 Å². The summed E-state index contributed by atoms with van der Waals surface area (Å²) in [6.45, 7) is 0. The highest BCUT2D eigenvalue weighted by atomic mass is 32.2. The fraction of sp³-hybridized carbons (Fsp3) is 0.211. The maximum Gasteiger partial charge on any atom is 0.184 e. The third-order valence-corrected chi connectivity index (χ3v) is 6.09. The monoisotopic (exact) mass is 338 g/mol. The molecule has 0 N–H and O–H groups in total. The molecule has 3 aromatic rings. The minimum Gasteiger partial charge on any atom is -0.237 e. The fourth-order valence-corrected chi connectivity index (χ4v) is 4.63. The van der Waals surface area contributed by atoms with Crippen molar-refractivity contribution in [1.29, 1.82) is 0 Å². The molecule has 1 aliphatic carbocycles. The number of hydrogen-bond donors (Lipinski definition) is 0. The van der Waals surface area contributed by atoms with Gasteiger partial charge in [-0.3, -0.25) is 0 Å². The van der Waals surface area contributed by atoms with Crippen molar-refractivity contribution in [3.05, 3.63) is 77.6 Å². The van der Waals surface area contributed by atoms with Gasteiger partial charge in [0.1, 0.15) is 0 Å². The first-order chi connectivity index (χ1) is 11.6. The highest BCUT2D eigenvalue weighted by Gasteiger charge is 2.26. The molecular weight excluding hydrogens is 320 g/mol. The Bertz CT molecular complexity index is 961. The first kappa shape index (κ1) is 15.1. The third-order valence-electron chi connectivity index (χ3n) is 4.44. The van der Waals surface area contributed by atoms with Crippen LogP contribution in [0.3, 0.4) is 0 Å². The summed E-state index contributed by atoms with van der Waals surface area (Å²) in [6, 6.07) is 18.5. The van der Waals surface area contributed by atoms with Crippen LogP contribution in [0.25, 0.3) is 5.69 Å². The van der Waals surface area contributed by atoms with Crippen molar-refractivity contribution in [1.82, 2.24) is 9.78 Å². The summed E-state index contributed by atoms with van der Waals surface area (Å²) in [5.74, 6) is -0.0425. The Kier molecular flexibility index (Phi) is 3.73. The number of hydrogen-bond acceptors (Lipinski definition) is 3. The quantitative estimate of drug-likeness (QED) is 0.733. The number of sulfone groups is 1. The second-order valence-corrected chi connectivity index (χ2v) is 8.03. The van der Waals surface area contributed by atoms with E-state index in [0.717, 1.165) is 36.2 Å². The second-order valence-electron chi connectivity index (χ2n) is 6.04. The molecule has 0 spiro atoms. The lowest BCUT2D eigenvalue weighted by Crippen LogP contribution is -2.07. The van der Waals surface area contributed by atoms with E-state index in [-0.39, 0.29) is 5.75 Å². The summed E-state index contributed by atoms with van der Waals surface area (Å²) in [6.07, 6.45) is 2.91. The summed E-state index contributed by atoms with van der Waals surface area (Å²) < 4.78 is 27.3. The molecule has 1 aliphatic rings. The number of rotatable bonds is 4.